The second-order valence-corrected chi connectivity index (χ2v) is 14.0. The molecule has 0 radical (unpaired) electrons. The summed E-state index contributed by atoms with van der Waals surface area (Å²) in [4.78, 5) is 0. The van der Waals surface area contributed by atoms with Crippen LogP contribution in [0.1, 0.15) is 0 Å². The number of rotatable bonds is 5. The molecular weight excluding hydrogens is 597 g/mol. The summed E-state index contributed by atoms with van der Waals surface area (Å²) in [5.41, 5.74) is 0. The van der Waals surface area contributed by atoms with Gasteiger partial charge in [-0.05, 0) is 0 Å². The van der Waals surface area contributed by atoms with Crippen molar-refractivity contribution in [2.24, 2.45) is 0 Å². The van der Waals surface area contributed by atoms with Gasteiger partial charge in [-0.1, -0.05) is 151 Å². The smallest absolute Gasteiger partial charge is 0.252 e. The van der Waals surface area contributed by atoms with Gasteiger partial charge < -0.3 is 4.55 Å². The van der Waals surface area contributed by atoms with Crippen LogP contribution in [0.15, 0.2) is 0 Å². The van der Waals surface area contributed by atoms with E-state index in [1.54, 1.807) is 0 Å². The topological polar surface area (TPSA) is 37.3 Å². The van der Waals surface area contributed by atoms with Crippen molar-refractivity contribution in [3.05, 3.63) is 0 Å². The largest absolute Gasteiger partial charge is 0.304 e. The van der Waals surface area contributed by atoms with Crippen LogP contribution in [0.5, 0.6) is 0 Å². The Morgan fingerprint density at radius 3 is 1.05 bits per heavy atom. The summed E-state index contributed by atoms with van der Waals surface area (Å²) in [6, 6.07) is 0. The molecule has 0 aromatic heterocycles. The minimum Gasteiger partial charge on any atom is -0.304 e. The highest BCUT2D eigenvalue weighted by atomic mass is 35.6. The van der Waals surface area contributed by atoms with Crippen LogP contribution in [0.4, 0.5) is 0 Å². The van der Waals surface area contributed by atoms with E-state index >= 15 is 0 Å². The zero-order valence-corrected chi connectivity index (χ0v) is 19.8. The minimum atomic E-state index is -3.08. The molecule has 0 aliphatic heterocycles. The molecule has 0 spiro atoms. The first kappa shape index (κ1) is 25.9. The van der Waals surface area contributed by atoms with E-state index in [-0.39, 0.29) is 0 Å². The summed E-state index contributed by atoms with van der Waals surface area (Å²) in [6.45, 7) is 0. The summed E-state index contributed by atoms with van der Waals surface area (Å²) in [5, 5.41) is 0. The van der Waals surface area contributed by atoms with Gasteiger partial charge in [0, 0.05) is 0 Å². The van der Waals surface area contributed by atoms with Gasteiger partial charge in [0.1, 0.15) is 0 Å². The average Bonchev–Trinajstić information content (AvgIpc) is 2.25. The Bertz CT molecular complexity index is 452. The molecule has 0 saturated carbocycles. The molecule has 2 nitrogen and oxygen atoms in total. The molecule has 1 atom stereocenters. The molecular formula is C6HCl13O2S. The van der Waals surface area contributed by atoms with Gasteiger partial charge >= 0.3 is 0 Å². The standard InChI is InChI=1S/C6HCl13O2S/c7-1(8,3(11,12)5(15,16)17)2(9,10)4(13,14)6(18,19)22(20)21/h(H,20,21). The Morgan fingerprint density at radius 2 is 0.818 bits per heavy atom. The maximum atomic E-state index is 11.2. The molecule has 134 valence electrons. The highest BCUT2D eigenvalue weighted by Crippen LogP contribution is 2.69. The zero-order chi connectivity index (χ0) is 18.6. The van der Waals surface area contributed by atoms with Crippen molar-refractivity contribution < 1.29 is 8.76 Å². The summed E-state index contributed by atoms with van der Waals surface area (Å²) >= 11 is 71.8. The van der Waals surface area contributed by atoms with Crippen molar-refractivity contribution in [3.8, 4) is 0 Å². The molecule has 0 bridgehead atoms. The van der Waals surface area contributed by atoms with Crippen LogP contribution in [0, 0.1) is 0 Å². The third-order valence-corrected chi connectivity index (χ3v) is 12.0. The van der Waals surface area contributed by atoms with E-state index in [0.29, 0.717) is 0 Å². The molecule has 0 aliphatic rings. The SMILES string of the molecule is O=S(O)C(Cl)(Cl)C(Cl)(Cl)C(Cl)(Cl)C(Cl)(Cl)C(Cl)(Cl)C(Cl)(Cl)Cl. The van der Waals surface area contributed by atoms with Crippen molar-refractivity contribution in [1.29, 1.82) is 0 Å². The van der Waals surface area contributed by atoms with Crippen LogP contribution in [0.3, 0.4) is 0 Å². The first-order valence-corrected chi connectivity index (χ1v) is 10.3. The van der Waals surface area contributed by atoms with Crippen LogP contribution in [-0.2, 0) is 11.1 Å². The molecule has 1 N–H and O–H groups in total. The Labute approximate surface area is 193 Å². The lowest BCUT2D eigenvalue weighted by Crippen LogP contribution is -2.66. The van der Waals surface area contributed by atoms with E-state index < -0.39 is 35.9 Å². The summed E-state index contributed by atoms with van der Waals surface area (Å²) in [5.74, 6) is 0. The Kier molecular flexibility index (Phi) is 9.08. The van der Waals surface area contributed by atoms with Crippen LogP contribution < -0.4 is 0 Å². The maximum absolute atomic E-state index is 11.2. The third kappa shape index (κ3) is 4.15. The number of hydrogen-bond acceptors (Lipinski definition) is 1. The summed E-state index contributed by atoms with van der Waals surface area (Å²) in [6.07, 6.45) is 0. The van der Waals surface area contributed by atoms with Crippen LogP contribution in [0.25, 0.3) is 0 Å². The predicted octanol–water partition coefficient (Wildman–Crippen LogP) is 7.41. The second-order valence-electron chi connectivity index (χ2n) is 3.56. The lowest BCUT2D eigenvalue weighted by molar-refractivity contribution is 0.505. The van der Waals surface area contributed by atoms with Gasteiger partial charge in [-0.25, -0.2) is 4.21 Å². The van der Waals surface area contributed by atoms with Crippen molar-refractivity contribution >= 4 is 162 Å². The first-order chi connectivity index (χ1) is 9.19. The van der Waals surface area contributed by atoms with Crippen molar-refractivity contribution in [2.45, 2.75) is 24.8 Å². The van der Waals surface area contributed by atoms with Gasteiger partial charge in [-0.2, -0.15) is 0 Å². The Morgan fingerprint density at radius 1 is 0.545 bits per heavy atom. The van der Waals surface area contributed by atoms with Crippen LogP contribution >= 0.6 is 151 Å². The quantitative estimate of drug-likeness (QED) is 0.265. The van der Waals surface area contributed by atoms with Crippen molar-refractivity contribution in [3.63, 3.8) is 0 Å². The van der Waals surface area contributed by atoms with E-state index in [4.69, 9.17) is 155 Å². The lowest BCUT2D eigenvalue weighted by Gasteiger charge is -2.49. The van der Waals surface area contributed by atoms with Gasteiger partial charge in [-0.15, -0.1) is 0 Å². The van der Waals surface area contributed by atoms with Gasteiger partial charge in [-0.3, -0.25) is 0 Å². The van der Waals surface area contributed by atoms with Crippen LogP contribution in [-0.4, -0.2) is 33.6 Å². The van der Waals surface area contributed by atoms with Crippen LogP contribution in [0.2, 0.25) is 0 Å². The summed E-state index contributed by atoms with van der Waals surface area (Å²) in [7, 11) is 0. The predicted molar refractivity (Wildman–Crippen MR) is 103 cm³/mol. The van der Waals surface area contributed by atoms with Gasteiger partial charge in [0.15, 0.2) is 19.7 Å². The molecule has 0 aliphatic carbocycles. The Balaban J connectivity index is 6.29. The highest BCUT2D eigenvalue weighted by molar-refractivity contribution is 7.84. The molecule has 0 fully saturated rings. The van der Waals surface area contributed by atoms with E-state index in [1.165, 1.54) is 0 Å². The minimum absolute atomic E-state index is 2.56. The first-order valence-electron chi connectivity index (χ1n) is 4.26. The lowest BCUT2D eigenvalue weighted by atomic mass is 10.1. The van der Waals surface area contributed by atoms with Gasteiger partial charge in [0.25, 0.3) is 3.67 Å². The molecule has 1 unspecified atom stereocenters. The molecule has 0 saturated heterocycles. The maximum Gasteiger partial charge on any atom is 0.252 e. The molecule has 0 heterocycles. The number of alkyl halides is 13. The fourth-order valence-corrected chi connectivity index (χ4v) is 5.03. The molecule has 0 aromatic carbocycles. The van der Waals surface area contributed by atoms with Gasteiger partial charge in [0.05, 0.1) is 0 Å². The summed E-state index contributed by atoms with van der Waals surface area (Å²) < 4.78 is 3.41. The molecule has 22 heavy (non-hydrogen) atoms. The fourth-order valence-electron chi connectivity index (χ4n) is 0.865. The molecule has 16 heteroatoms. The second kappa shape index (κ2) is 7.72. The monoisotopic (exact) mass is 592 g/mol. The zero-order valence-electron chi connectivity index (χ0n) is 9.18. The number of hydrogen-bond donors (Lipinski definition) is 1. The molecule has 0 aromatic rings. The fraction of sp³-hybridized carbons (Fsp3) is 1.00. The third-order valence-electron chi connectivity index (χ3n) is 2.12. The normalized spacial score (nSPS) is 17.5. The van der Waals surface area contributed by atoms with E-state index in [0.717, 1.165) is 0 Å². The number of halogens is 13. The highest BCUT2D eigenvalue weighted by Gasteiger charge is 2.77. The molecule has 0 rings (SSSR count). The van der Waals surface area contributed by atoms with Crippen molar-refractivity contribution in [1.82, 2.24) is 0 Å². The van der Waals surface area contributed by atoms with Gasteiger partial charge in [0.2, 0.25) is 12.5 Å². The van der Waals surface area contributed by atoms with E-state index in [9.17, 15) is 4.21 Å². The Hall–Kier alpha value is 3.88. The average molecular weight is 598 g/mol. The molecule has 0 amide bonds. The van der Waals surface area contributed by atoms with Crippen molar-refractivity contribution in [2.75, 3.05) is 0 Å². The van der Waals surface area contributed by atoms with E-state index in [1.807, 2.05) is 0 Å². The van der Waals surface area contributed by atoms with E-state index in [2.05, 4.69) is 0 Å².